The summed E-state index contributed by atoms with van der Waals surface area (Å²) in [6, 6.07) is 8.70. The fourth-order valence-corrected chi connectivity index (χ4v) is 3.46. The average molecular weight is 469 g/mol. The Kier molecular flexibility index (Phi) is 6.18. The summed E-state index contributed by atoms with van der Waals surface area (Å²) < 4.78 is 27.6. The van der Waals surface area contributed by atoms with Crippen LogP contribution in [0, 0.1) is 0 Å². The van der Waals surface area contributed by atoms with Crippen molar-refractivity contribution in [3.05, 3.63) is 60.0 Å². The molecule has 0 radical (unpaired) electrons. The Morgan fingerprint density at radius 2 is 1.85 bits per heavy atom. The van der Waals surface area contributed by atoms with Crippen LogP contribution >= 0.6 is 0 Å². The Balaban J connectivity index is 1.47. The van der Waals surface area contributed by atoms with Crippen LogP contribution in [0.5, 0.6) is 0 Å². The molecule has 34 heavy (non-hydrogen) atoms. The van der Waals surface area contributed by atoms with E-state index in [0.29, 0.717) is 0 Å². The maximum atomic E-state index is 12.9. The topological polar surface area (TPSA) is 117 Å². The van der Waals surface area contributed by atoms with Gasteiger partial charge in [-0.25, -0.2) is 19.6 Å². The van der Waals surface area contributed by atoms with Gasteiger partial charge in [-0.2, -0.15) is 0 Å². The van der Waals surface area contributed by atoms with Gasteiger partial charge in [0, 0.05) is 0 Å². The molecule has 10 nitrogen and oxygen atoms in total. The molecule has 0 aliphatic carbocycles. The van der Waals surface area contributed by atoms with E-state index in [1.807, 2.05) is 30.3 Å². The van der Waals surface area contributed by atoms with E-state index in [2.05, 4.69) is 9.97 Å². The van der Waals surface area contributed by atoms with E-state index < -0.39 is 29.4 Å². The quantitative estimate of drug-likeness (QED) is 0.489. The molecule has 4 rings (SSSR count). The number of oxazole rings is 2. The van der Waals surface area contributed by atoms with Crippen molar-refractivity contribution in [1.29, 1.82) is 0 Å². The first-order valence-corrected chi connectivity index (χ1v) is 10.8. The largest absolute Gasteiger partial charge is 0.456 e. The third-order valence-electron chi connectivity index (χ3n) is 5.03. The van der Waals surface area contributed by atoms with Crippen molar-refractivity contribution in [3.63, 3.8) is 0 Å². The van der Waals surface area contributed by atoms with Crippen LogP contribution in [0.2, 0.25) is 0 Å². The number of ether oxygens (including phenoxy) is 3. The van der Waals surface area contributed by atoms with E-state index in [4.69, 9.17) is 23.0 Å². The maximum absolute atomic E-state index is 12.9. The van der Waals surface area contributed by atoms with Crippen LogP contribution in [0.15, 0.2) is 51.7 Å². The van der Waals surface area contributed by atoms with Crippen LogP contribution in [0.4, 0.5) is 4.79 Å². The number of carbonyl (C=O) groups excluding carboxylic acids is 2. The molecule has 0 spiro atoms. The molecule has 0 unspecified atom stereocenters. The van der Waals surface area contributed by atoms with Gasteiger partial charge in [0.25, 0.3) is 0 Å². The Morgan fingerprint density at radius 1 is 1.12 bits per heavy atom. The van der Waals surface area contributed by atoms with Crippen molar-refractivity contribution in [2.75, 3.05) is 6.61 Å². The van der Waals surface area contributed by atoms with E-state index in [1.54, 1.807) is 34.6 Å². The highest BCUT2D eigenvalue weighted by Crippen LogP contribution is 2.38. The molecular weight excluding hydrogens is 442 g/mol. The summed E-state index contributed by atoms with van der Waals surface area (Å²) in [7, 11) is 0. The lowest BCUT2D eigenvalue weighted by Gasteiger charge is -2.34. The number of hydrogen-bond donors (Lipinski definition) is 0. The predicted molar refractivity (Wildman–Crippen MR) is 118 cm³/mol. The van der Waals surface area contributed by atoms with Crippen molar-refractivity contribution in [1.82, 2.24) is 14.9 Å². The van der Waals surface area contributed by atoms with Crippen LogP contribution < -0.4 is 0 Å². The molecule has 1 atom stereocenters. The number of hydrogen-bond acceptors (Lipinski definition) is 9. The Labute approximate surface area is 196 Å². The van der Waals surface area contributed by atoms with E-state index >= 15 is 0 Å². The summed E-state index contributed by atoms with van der Waals surface area (Å²) in [6.07, 6.45) is 2.00. The van der Waals surface area contributed by atoms with Gasteiger partial charge in [0.1, 0.15) is 36.5 Å². The van der Waals surface area contributed by atoms with Gasteiger partial charge in [0.05, 0.1) is 6.61 Å². The number of nitrogens with zero attached hydrogens (tertiary/aromatic N) is 3. The SMILES string of the molecule is CC(C)(C)OC(=O)N1[C@H](c2nc(-c3nc(C(=O)OCc4ccccc4)co3)co2)COC1(C)C. The summed E-state index contributed by atoms with van der Waals surface area (Å²) in [5, 5.41) is 0. The van der Waals surface area contributed by atoms with Crippen LogP contribution in [0.3, 0.4) is 0 Å². The first-order chi connectivity index (χ1) is 16.0. The number of esters is 1. The highest BCUT2D eigenvalue weighted by Gasteiger charge is 2.48. The summed E-state index contributed by atoms with van der Waals surface area (Å²) in [6.45, 7) is 9.20. The van der Waals surface area contributed by atoms with Crippen molar-refractivity contribution in [2.24, 2.45) is 0 Å². The summed E-state index contributed by atoms with van der Waals surface area (Å²) in [4.78, 5) is 35.2. The molecule has 1 amide bonds. The minimum atomic E-state index is -0.916. The van der Waals surface area contributed by atoms with Crippen LogP contribution in [-0.2, 0) is 20.8 Å². The molecule has 180 valence electrons. The fourth-order valence-electron chi connectivity index (χ4n) is 3.46. The number of amides is 1. The molecule has 1 fully saturated rings. The minimum absolute atomic E-state index is 0.0104. The van der Waals surface area contributed by atoms with Crippen molar-refractivity contribution in [3.8, 4) is 11.6 Å². The molecule has 1 aliphatic rings. The average Bonchev–Trinajstić information content (AvgIpc) is 3.49. The number of rotatable bonds is 5. The van der Waals surface area contributed by atoms with E-state index in [1.165, 1.54) is 17.4 Å². The Bertz CT molecular complexity index is 1160. The van der Waals surface area contributed by atoms with Gasteiger partial charge in [0.15, 0.2) is 11.4 Å². The van der Waals surface area contributed by atoms with Crippen LogP contribution in [-0.4, -0.2) is 44.9 Å². The van der Waals surface area contributed by atoms with Crippen LogP contribution in [0.25, 0.3) is 11.6 Å². The van der Waals surface area contributed by atoms with Crippen molar-refractivity contribution in [2.45, 2.75) is 58.6 Å². The zero-order valence-corrected chi connectivity index (χ0v) is 19.7. The molecule has 3 aromatic rings. The molecule has 1 aromatic carbocycles. The highest BCUT2D eigenvalue weighted by molar-refractivity contribution is 5.87. The standard InChI is InChI=1S/C24H27N3O7/c1-23(2,3)34-22(29)27-18(14-33-24(27,4)5)20-25-16(12-31-20)19-26-17(13-30-19)21(28)32-11-15-9-7-6-8-10-15/h6-10,12-13,18H,11,14H2,1-5H3/t18-/m0/s1. The van der Waals surface area contributed by atoms with Gasteiger partial charge < -0.3 is 23.0 Å². The minimum Gasteiger partial charge on any atom is -0.456 e. The Hall–Kier alpha value is -3.66. The summed E-state index contributed by atoms with van der Waals surface area (Å²) >= 11 is 0. The Morgan fingerprint density at radius 3 is 2.56 bits per heavy atom. The lowest BCUT2D eigenvalue weighted by molar-refractivity contribution is -0.0634. The monoisotopic (exact) mass is 469 g/mol. The molecule has 0 N–H and O–H groups in total. The van der Waals surface area contributed by atoms with Gasteiger partial charge in [-0.3, -0.25) is 4.90 Å². The van der Waals surface area contributed by atoms with E-state index in [0.717, 1.165) is 5.56 Å². The van der Waals surface area contributed by atoms with E-state index in [-0.39, 0.29) is 36.4 Å². The van der Waals surface area contributed by atoms with Crippen molar-refractivity contribution >= 4 is 12.1 Å². The van der Waals surface area contributed by atoms with Gasteiger partial charge >= 0.3 is 12.1 Å². The van der Waals surface area contributed by atoms with Gasteiger partial charge in [0.2, 0.25) is 11.8 Å². The molecule has 2 aromatic heterocycles. The van der Waals surface area contributed by atoms with E-state index in [9.17, 15) is 9.59 Å². The molecule has 10 heteroatoms. The highest BCUT2D eigenvalue weighted by atomic mass is 16.6. The van der Waals surface area contributed by atoms with Gasteiger partial charge in [-0.1, -0.05) is 30.3 Å². The maximum Gasteiger partial charge on any atom is 0.413 e. The number of carbonyl (C=O) groups is 2. The molecule has 0 saturated carbocycles. The van der Waals surface area contributed by atoms with Crippen LogP contribution in [0.1, 0.15) is 62.6 Å². The van der Waals surface area contributed by atoms with Gasteiger partial charge in [-0.15, -0.1) is 0 Å². The number of benzene rings is 1. The third-order valence-corrected chi connectivity index (χ3v) is 5.03. The second-order valence-corrected chi connectivity index (χ2v) is 9.29. The fraction of sp³-hybridized carbons (Fsp3) is 0.417. The molecule has 0 bridgehead atoms. The second-order valence-electron chi connectivity index (χ2n) is 9.29. The lowest BCUT2D eigenvalue weighted by Crippen LogP contribution is -2.47. The smallest absolute Gasteiger partial charge is 0.413 e. The molecular formula is C24H27N3O7. The second kappa shape index (κ2) is 8.94. The first-order valence-electron chi connectivity index (χ1n) is 10.8. The lowest BCUT2D eigenvalue weighted by atomic mass is 10.2. The molecule has 3 heterocycles. The number of aromatic nitrogens is 2. The first kappa shape index (κ1) is 23.5. The van der Waals surface area contributed by atoms with Gasteiger partial charge in [-0.05, 0) is 40.2 Å². The molecule has 1 aliphatic heterocycles. The third kappa shape index (κ3) is 5.12. The zero-order chi connectivity index (χ0) is 24.5. The normalized spacial score (nSPS) is 17.6. The summed E-state index contributed by atoms with van der Waals surface area (Å²) in [5.41, 5.74) is -0.453. The zero-order valence-electron chi connectivity index (χ0n) is 19.7. The summed E-state index contributed by atoms with van der Waals surface area (Å²) in [5.74, 6) is -0.300. The predicted octanol–water partition coefficient (Wildman–Crippen LogP) is 4.73. The van der Waals surface area contributed by atoms with Crippen molar-refractivity contribution < 1.29 is 32.6 Å². The molecule has 1 saturated heterocycles.